The first-order chi connectivity index (χ1) is 23.9. The summed E-state index contributed by atoms with van der Waals surface area (Å²) in [5.74, 6) is -2.83. The molecule has 1 N–H and O–H groups in total. The number of halogens is 3. The van der Waals surface area contributed by atoms with Crippen molar-refractivity contribution in [1.29, 1.82) is 0 Å². The van der Waals surface area contributed by atoms with Crippen molar-refractivity contribution in [3.63, 3.8) is 0 Å². The summed E-state index contributed by atoms with van der Waals surface area (Å²) >= 11 is 0. The molecule has 6 aromatic carbocycles. The quantitative estimate of drug-likeness (QED) is 0.125. The van der Waals surface area contributed by atoms with E-state index in [0.717, 1.165) is 28.8 Å². The Balaban J connectivity index is 1.50. The van der Waals surface area contributed by atoms with E-state index in [2.05, 4.69) is 5.32 Å². The van der Waals surface area contributed by atoms with Crippen LogP contribution in [0.2, 0.25) is 0 Å². The third-order valence-electron chi connectivity index (χ3n) is 8.57. The van der Waals surface area contributed by atoms with E-state index in [1.807, 2.05) is 108 Å². The predicted octanol–water partition coefficient (Wildman–Crippen LogP) is 8.95. The molecule has 0 atom stereocenters. The molecule has 1 heterocycles. The van der Waals surface area contributed by atoms with Gasteiger partial charge in [-0.3, -0.25) is 9.59 Å². The highest BCUT2D eigenvalue weighted by atomic mass is 19.1. The number of nitrogens with one attached hydrogen (secondary N) is 1. The Bertz CT molecular complexity index is 2190. The Labute approximate surface area is 280 Å². The van der Waals surface area contributed by atoms with E-state index in [1.165, 1.54) is 24.3 Å². The number of aldehydes is 1. The van der Waals surface area contributed by atoms with Gasteiger partial charge in [0.15, 0.2) is 5.82 Å². The predicted molar refractivity (Wildman–Crippen MR) is 183 cm³/mol. The molecule has 1 aromatic heterocycles. The number of carbonyl (C=O) groups is 2. The minimum absolute atomic E-state index is 0.135. The molecule has 0 saturated heterocycles. The van der Waals surface area contributed by atoms with Gasteiger partial charge in [0, 0.05) is 17.0 Å². The Morgan fingerprint density at radius 1 is 0.673 bits per heavy atom. The zero-order valence-electron chi connectivity index (χ0n) is 26.0. The van der Waals surface area contributed by atoms with E-state index in [9.17, 15) is 22.8 Å². The van der Waals surface area contributed by atoms with Crippen LogP contribution in [0.4, 0.5) is 19.0 Å². The molecular formula is C41H28F3N3O2. The number of hydrogen-bond acceptors (Lipinski definition) is 3. The van der Waals surface area contributed by atoms with Crippen LogP contribution in [0, 0.1) is 17.5 Å². The van der Waals surface area contributed by atoms with Crippen molar-refractivity contribution in [2.45, 2.75) is 12.0 Å². The van der Waals surface area contributed by atoms with Crippen LogP contribution in [0.1, 0.15) is 48.5 Å². The van der Waals surface area contributed by atoms with Crippen molar-refractivity contribution in [3.8, 4) is 0 Å². The highest BCUT2D eigenvalue weighted by molar-refractivity contribution is 6.08. The van der Waals surface area contributed by atoms with Crippen molar-refractivity contribution in [2.24, 2.45) is 0 Å². The highest BCUT2D eigenvalue weighted by Crippen LogP contribution is 2.43. The minimum Gasteiger partial charge on any atom is -0.304 e. The van der Waals surface area contributed by atoms with Crippen LogP contribution in [0.5, 0.6) is 0 Å². The first kappa shape index (κ1) is 31.3. The van der Waals surface area contributed by atoms with E-state index in [0.29, 0.717) is 28.3 Å². The van der Waals surface area contributed by atoms with Gasteiger partial charge in [-0.25, -0.2) is 17.9 Å². The average Bonchev–Trinajstić information content (AvgIpc) is 3.47. The van der Waals surface area contributed by atoms with Gasteiger partial charge in [-0.05, 0) is 76.7 Å². The van der Waals surface area contributed by atoms with Crippen LogP contribution >= 0.6 is 0 Å². The molecule has 0 aliphatic heterocycles. The maximum absolute atomic E-state index is 14.9. The van der Waals surface area contributed by atoms with Gasteiger partial charge in [0.25, 0.3) is 5.91 Å². The van der Waals surface area contributed by atoms with Gasteiger partial charge in [0.05, 0.1) is 11.1 Å². The average molecular weight is 652 g/mol. The number of fused-ring (bicyclic) bond motifs is 1. The van der Waals surface area contributed by atoms with Gasteiger partial charge in [-0.15, -0.1) is 0 Å². The molecule has 49 heavy (non-hydrogen) atoms. The largest absolute Gasteiger partial charge is 0.304 e. The second-order valence-electron chi connectivity index (χ2n) is 11.7. The number of carbonyl (C=O) groups excluding carboxylic acids is 2. The van der Waals surface area contributed by atoms with E-state index in [4.69, 9.17) is 5.10 Å². The maximum Gasteiger partial charge on any atom is 0.259 e. The fourth-order valence-electron chi connectivity index (χ4n) is 6.44. The van der Waals surface area contributed by atoms with E-state index < -0.39 is 28.9 Å². The number of nitrogens with zero attached hydrogens (tertiary/aromatic N) is 2. The molecule has 0 saturated carbocycles. The van der Waals surface area contributed by atoms with Crippen molar-refractivity contribution < 1.29 is 22.8 Å². The molecule has 7 aromatic rings. The fraction of sp³-hybridized carbons (Fsp3) is 0.0488. The third-order valence-corrected chi connectivity index (χ3v) is 8.57. The summed E-state index contributed by atoms with van der Waals surface area (Å²) in [6, 6.07) is 42.0. The van der Waals surface area contributed by atoms with Gasteiger partial charge < -0.3 is 5.32 Å². The van der Waals surface area contributed by atoms with Crippen LogP contribution in [-0.4, -0.2) is 22.0 Å². The Morgan fingerprint density at radius 3 is 1.80 bits per heavy atom. The standard InChI is InChI=1S/C41H28F3N3O2/c42-33-21-29(22-34(43)25-33)20-27-17-19-38-36(23-27)39(45-40(49)35-24-28(26-48)16-18-37(35)44)46-47(38)41(30-10-4-1-5-11-30,31-12-6-2-7-13-31)32-14-8-3-9-15-32/h1-19,21-26H,20H2,(H,45,46,49). The summed E-state index contributed by atoms with van der Waals surface area (Å²) in [4.78, 5) is 25.1. The molecule has 0 radical (unpaired) electrons. The topological polar surface area (TPSA) is 64.0 Å². The van der Waals surface area contributed by atoms with Gasteiger partial charge >= 0.3 is 0 Å². The first-order valence-corrected chi connectivity index (χ1v) is 15.6. The van der Waals surface area contributed by atoms with Gasteiger partial charge in [-0.2, -0.15) is 5.10 Å². The lowest BCUT2D eigenvalue weighted by Gasteiger charge is -2.37. The summed E-state index contributed by atoms with van der Waals surface area (Å²) in [6.45, 7) is 0. The number of hydrogen-bond donors (Lipinski definition) is 1. The lowest BCUT2D eigenvalue weighted by Crippen LogP contribution is -2.38. The second-order valence-corrected chi connectivity index (χ2v) is 11.7. The van der Waals surface area contributed by atoms with Crippen LogP contribution in [-0.2, 0) is 12.0 Å². The van der Waals surface area contributed by atoms with Crippen molar-refractivity contribution >= 4 is 28.9 Å². The highest BCUT2D eigenvalue weighted by Gasteiger charge is 2.41. The molecule has 0 aliphatic rings. The normalized spacial score (nSPS) is 11.4. The number of aromatic nitrogens is 2. The third kappa shape index (κ3) is 5.89. The molecular weight excluding hydrogens is 623 g/mol. The molecule has 0 unspecified atom stereocenters. The van der Waals surface area contributed by atoms with Crippen LogP contribution < -0.4 is 5.32 Å². The fourth-order valence-corrected chi connectivity index (χ4v) is 6.44. The zero-order valence-corrected chi connectivity index (χ0v) is 26.0. The van der Waals surface area contributed by atoms with Crippen LogP contribution in [0.3, 0.4) is 0 Å². The monoisotopic (exact) mass is 651 g/mol. The maximum atomic E-state index is 14.9. The molecule has 1 amide bonds. The van der Waals surface area contributed by atoms with E-state index in [-0.39, 0.29) is 23.4 Å². The Morgan fingerprint density at radius 2 is 1.24 bits per heavy atom. The molecule has 7 rings (SSSR count). The van der Waals surface area contributed by atoms with Crippen LogP contribution in [0.25, 0.3) is 10.9 Å². The van der Waals surface area contributed by atoms with Crippen LogP contribution in [0.15, 0.2) is 146 Å². The summed E-state index contributed by atoms with van der Waals surface area (Å²) in [7, 11) is 0. The van der Waals surface area contributed by atoms with E-state index in [1.54, 1.807) is 6.07 Å². The molecule has 0 aliphatic carbocycles. The van der Waals surface area contributed by atoms with Crippen molar-refractivity contribution in [3.05, 3.63) is 202 Å². The zero-order chi connectivity index (χ0) is 34.0. The molecule has 240 valence electrons. The van der Waals surface area contributed by atoms with E-state index >= 15 is 0 Å². The number of anilines is 1. The molecule has 5 nitrogen and oxygen atoms in total. The number of rotatable bonds is 9. The Hall–Kier alpha value is -6.28. The summed E-state index contributed by atoms with van der Waals surface area (Å²) in [5, 5.41) is 8.40. The number of amides is 1. The van der Waals surface area contributed by atoms with Crippen molar-refractivity contribution in [2.75, 3.05) is 5.32 Å². The number of benzene rings is 6. The molecule has 0 bridgehead atoms. The first-order valence-electron chi connectivity index (χ1n) is 15.6. The SMILES string of the molecule is O=Cc1ccc(F)c(C(=O)Nc2nn(C(c3ccccc3)(c3ccccc3)c3ccccc3)c3ccc(Cc4cc(F)cc(F)c4)cc23)c1. The van der Waals surface area contributed by atoms with Gasteiger partial charge in [-0.1, -0.05) is 97.1 Å². The molecule has 0 spiro atoms. The lowest BCUT2D eigenvalue weighted by molar-refractivity contribution is 0.102. The molecule has 0 fully saturated rings. The smallest absolute Gasteiger partial charge is 0.259 e. The Kier molecular flexibility index (Phi) is 8.36. The second kappa shape index (κ2) is 13.1. The molecule has 8 heteroatoms. The van der Waals surface area contributed by atoms with Gasteiger partial charge in [0.1, 0.15) is 29.3 Å². The minimum atomic E-state index is -1.05. The van der Waals surface area contributed by atoms with Crippen molar-refractivity contribution in [1.82, 2.24) is 9.78 Å². The summed E-state index contributed by atoms with van der Waals surface area (Å²) < 4.78 is 45.0. The summed E-state index contributed by atoms with van der Waals surface area (Å²) in [6.07, 6.45) is 0.732. The van der Waals surface area contributed by atoms with Gasteiger partial charge in [0.2, 0.25) is 0 Å². The lowest BCUT2D eigenvalue weighted by atomic mass is 9.77. The summed E-state index contributed by atoms with van der Waals surface area (Å²) in [5.41, 5.74) is 3.18.